The maximum absolute atomic E-state index is 11.5. The molecule has 0 aliphatic heterocycles. The fourth-order valence-corrected chi connectivity index (χ4v) is 2.28. The van der Waals surface area contributed by atoms with E-state index in [4.69, 9.17) is 9.47 Å². The Balaban J connectivity index is 2.15. The Morgan fingerprint density at radius 1 is 1.05 bits per heavy atom. The summed E-state index contributed by atoms with van der Waals surface area (Å²) in [5.41, 5.74) is 2.17. The average molecular weight is 357 g/mol. The Bertz CT molecular complexity index is 421. The van der Waals surface area contributed by atoms with Gasteiger partial charge in [0.25, 0.3) is 0 Å². The standard InChI is InChI=1S/C17H25BrO3/c1-17(2,3)21-16(19)10-13-20-12-9-15-6-4-14(5-7-15)8-11-18/h4-7H,8-13H2,1-3H3. The fourth-order valence-electron chi connectivity index (χ4n) is 1.82. The van der Waals surface area contributed by atoms with Gasteiger partial charge in [0.05, 0.1) is 19.6 Å². The second-order valence-corrected chi connectivity index (χ2v) is 6.75. The number of halogens is 1. The molecule has 0 spiro atoms. The van der Waals surface area contributed by atoms with Crippen LogP contribution in [0.3, 0.4) is 0 Å². The Morgan fingerprint density at radius 2 is 1.62 bits per heavy atom. The summed E-state index contributed by atoms with van der Waals surface area (Å²) in [4.78, 5) is 11.5. The first-order chi connectivity index (χ1) is 9.90. The number of carbonyl (C=O) groups is 1. The van der Waals surface area contributed by atoms with E-state index in [-0.39, 0.29) is 5.97 Å². The fraction of sp³-hybridized carbons (Fsp3) is 0.588. The topological polar surface area (TPSA) is 35.5 Å². The maximum atomic E-state index is 11.5. The van der Waals surface area contributed by atoms with Crippen LogP contribution < -0.4 is 0 Å². The number of hydrogen-bond donors (Lipinski definition) is 0. The Morgan fingerprint density at radius 3 is 2.14 bits per heavy atom. The number of aryl methyl sites for hydroxylation is 1. The van der Waals surface area contributed by atoms with Gasteiger partial charge in [0.15, 0.2) is 0 Å². The van der Waals surface area contributed by atoms with Crippen LogP contribution in [0.4, 0.5) is 0 Å². The van der Waals surface area contributed by atoms with E-state index in [1.165, 1.54) is 11.1 Å². The second-order valence-electron chi connectivity index (χ2n) is 5.95. The number of hydrogen-bond acceptors (Lipinski definition) is 3. The van der Waals surface area contributed by atoms with Crippen LogP contribution in [0, 0.1) is 0 Å². The van der Waals surface area contributed by atoms with Crippen molar-refractivity contribution in [1.82, 2.24) is 0 Å². The highest BCUT2D eigenvalue weighted by molar-refractivity contribution is 9.09. The summed E-state index contributed by atoms with van der Waals surface area (Å²) in [5.74, 6) is -0.207. The second kappa shape index (κ2) is 9.21. The molecular weight excluding hydrogens is 332 g/mol. The highest BCUT2D eigenvalue weighted by Crippen LogP contribution is 2.09. The van der Waals surface area contributed by atoms with Crippen molar-refractivity contribution in [2.24, 2.45) is 0 Å². The van der Waals surface area contributed by atoms with Gasteiger partial charge in [-0.2, -0.15) is 0 Å². The quantitative estimate of drug-likeness (QED) is 0.402. The predicted molar refractivity (Wildman–Crippen MR) is 88.9 cm³/mol. The van der Waals surface area contributed by atoms with Gasteiger partial charge in [-0.1, -0.05) is 40.2 Å². The molecule has 1 rings (SSSR count). The van der Waals surface area contributed by atoms with Crippen molar-refractivity contribution in [3.05, 3.63) is 35.4 Å². The summed E-state index contributed by atoms with van der Waals surface area (Å²) in [6.07, 6.45) is 2.22. The van der Waals surface area contributed by atoms with Crippen molar-refractivity contribution in [2.45, 2.75) is 45.6 Å². The van der Waals surface area contributed by atoms with E-state index in [1.54, 1.807) is 0 Å². The molecule has 118 valence electrons. The molecular formula is C17H25BrO3. The molecule has 0 aliphatic carbocycles. The smallest absolute Gasteiger partial charge is 0.308 e. The molecule has 0 atom stereocenters. The van der Waals surface area contributed by atoms with E-state index >= 15 is 0 Å². The first-order valence-corrected chi connectivity index (χ1v) is 8.46. The molecule has 0 aromatic heterocycles. The lowest BCUT2D eigenvalue weighted by Gasteiger charge is -2.19. The first kappa shape index (κ1) is 18.2. The molecule has 1 aromatic rings. The van der Waals surface area contributed by atoms with E-state index in [9.17, 15) is 4.79 Å². The van der Waals surface area contributed by atoms with Gasteiger partial charge < -0.3 is 9.47 Å². The normalized spacial score (nSPS) is 11.4. The van der Waals surface area contributed by atoms with Gasteiger partial charge in [-0.15, -0.1) is 0 Å². The molecule has 0 N–H and O–H groups in total. The zero-order valence-electron chi connectivity index (χ0n) is 13.2. The first-order valence-electron chi connectivity index (χ1n) is 7.34. The van der Waals surface area contributed by atoms with Crippen LogP contribution in [0.25, 0.3) is 0 Å². The summed E-state index contributed by atoms with van der Waals surface area (Å²) < 4.78 is 10.7. The molecule has 0 heterocycles. The molecule has 0 unspecified atom stereocenters. The van der Waals surface area contributed by atoms with Crippen LogP contribution in [0.2, 0.25) is 0 Å². The lowest BCUT2D eigenvalue weighted by atomic mass is 10.1. The van der Waals surface area contributed by atoms with Crippen molar-refractivity contribution >= 4 is 21.9 Å². The van der Waals surface area contributed by atoms with Crippen LogP contribution in [-0.2, 0) is 27.1 Å². The summed E-state index contributed by atoms with van der Waals surface area (Å²) in [6.45, 7) is 6.64. The summed E-state index contributed by atoms with van der Waals surface area (Å²) in [6, 6.07) is 8.57. The van der Waals surface area contributed by atoms with Gasteiger partial charge in [0, 0.05) is 5.33 Å². The number of rotatable bonds is 8. The van der Waals surface area contributed by atoms with Gasteiger partial charge in [0.1, 0.15) is 5.60 Å². The van der Waals surface area contributed by atoms with Gasteiger partial charge in [-0.3, -0.25) is 4.79 Å². The van der Waals surface area contributed by atoms with Crippen molar-refractivity contribution in [3.63, 3.8) is 0 Å². The number of esters is 1. The van der Waals surface area contributed by atoms with E-state index in [0.717, 1.165) is 18.2 Å². The minimum atomic E-state index is -0.423. The summed E-state index contributed by atoms with van der Waals surface area (Å²) in [5, 5.41) is 0.986. The number of benzene rings is 1. The van der Waals surface area contributed by atoms with Gasteiger partial charge in [0.2, 0.25) is 0 Å². The Hall–Kier alpha value is -0.870. The largest absolute Gasteiger partial charge is 0.460 e. The Kier molecular flexibility index (Phi) is 7.97. The van der Waals surface area contributed by atoms with Crippen LogP contribution in [0.1, 0.15) is 38.3 Å². The molecule has 0 saturated heterocycles. The summed E-state index contributed by atoms with van der Waals surface area (Å²) >= 11 is 3.44. The number of carbonyl (C=O) groups excluding carboxylic acids is 1. The Labute approximate surface area is 136 Å². The van der Waals surface area contributed by atoms with Crippen molar-refractivity contribution in [3.8, 4) is 0 Å². The molecule has 0 aliphatic rings. The van der Waals surface area contributed by atoms with Crippen molar-refractivity contribution in [1.29, 1.82) is 0 Å². The monoisotopic (exact) mass is 356 g/mol. The molecule has 21 heavy (non-hydrogen) atoms. The third-order valence-corrected chi connectivity index (χ3v) is 3.21. The zero-order valence-corrected chi connectivity index (χ0v) is 14.7. The molecule has 1 aromatic carbocycles. The number of alkyl halides is 1. The third-order valence-electron chi connectivity index (χ3n) is 2.81. The van der Waals surface area contributed by atoms with E-state index in [2.05, 4.69) is 40.2 Å². The van der Waals surface area contributed by atoms with Crippen LogP contribution in [-0.4, -0.2) is 30.1 Å². The van der Waals surface area contributed by atoms with Crippen LogP contribution >= 0.6 is 15.9 Å². The van der Waals surface area contributed by atoms with Crippen molar-refractivity contribution < 1.29 is 14.3 Å². The lowest BCUT2D eigenvalue weighted by molar-refractivity contribution is -0.156. The highest BCUT2D eigenvalue weighted by atomic mass is 79.9. The predicted octanol–water partition coefficient (Wildman–Crippen LogP) is 3.91. The minimum Gasteiger partial charge on any atom is -0.460 e. The number of ether oxygens (including phenoxy) is 2. The van der Waals surface area contributed by atoms with Crippen LogP contribution in [0.15, 0.2) is 24.3 Å². The molecule has 3 nitrogen and oxygen atoms in total. The lowest BCUT2D eigenvalue weighted by Crippen LogP contribution is -2.24. The average Bonchev–Trinajstić information content (AvgIpc) is 2.38. The molecule has 0 fully saturated rings. The third kappa shape index (κ3) is 8.89. The molecule has 4 heteroatoms. The molecule has 0 amide bonds. The van der Waals surface area contributed by atoms with Gasteiger partial charge in [-0.25, -0.2) is 0 Å². The van der Waals surface area contributed by atoms with E-state index < -0.39 is 5.60 Å². The summed E-state index contributed by atoms with van der Waals surface area (Å²) in [7, 11) is 0. The maximum Gasteiger partial charge on any atom is 0.308 e. The van der Waals surface area contributed by atoms with Crippen molar-refractivity contribution in [2.75, 3.05) is 18.5 Å². The molecule has 0 saturated carbocycles. The SMILES string of the molecule is CC(C)(C)OC(=O)CCOCCc1ccc(CCBr)cc1. The minimum absolute atomic E-state index is 0.207. The zero-order chi connectivity index (χ0) is 15.7. The van der Waals surface area contributed by atoms with Crippen LogP contribution in [0.5, 0.6) is 0 Å². The van der Waals surface area contributed by atoms with Gasteiger partial charge >= 0.3 is 5.97 Å². The highest BCUT2D eigenvalue weighted by Gasteiger charge is 2.15. The molecule has 0 bridgehead atoms. The van der Waals surface area contributed by atoms with E-state index in [1.807, 2.05) is 20.8 Å². The molecule has 0 radical (unpaired) electrons. The van der Waals surface area contributed by atoms with Gasteiger partial charge in [-0.05, 0) is 44.7 Å². The van der Waals surface area contributed by atoms with E-state index in [0.29, 0.717) is 19.6 Å².